The zero-order valence-electron chi connectivity index (χ0n) is 9.19. The summed E-state index contributed by atoms with van der Waals surface area (Å²) in [6, 6.07) is 1.34. The molecule has 88 valence electrons. The molecule has 0 atom stereocenters. The maximum Gasteiger partial charge on any atom is 0.312 e. The van der Waals surface area contributed by atoms with E-state index in [0.717, 1.165) is 4.90 Å². The molecule has 0 aromatic heterocycles. The fourth-order valence-corrected chi connectivity index (χ4v) is 0.983. The average molecular weight is 226 g/mol. The van der Waals surface area contributed by atoms with Gasteiger partial charge in [-0.05, 0) is 13.8 Å². The maximum atomic E-state index is 11.5. The van der Waals surface area contributed by atoms with Crippen LogP contribution < -0.4 is 11.1 Å². The van der Waals surface area contributed by atoms with Crippen molar-refractivity contribution in [1.29, 1.82) is 5.26 Å². The third-order valence-corrected chi connectivity index (χ3v) is 1.73. The minimum absolute atomic E-state index is 0.257. The van der Waals surface area contributed by atoms with Crippen molar-refractivity contribution in [2.75, 3.05) is 13.1 Å². The Hall–Kier alpha value is -2.10. The third kappa shape index (κ3) is 4.41. The van der Waals surface area contributed by atoms with E-state index >= 15 is 0 Å². The van der Waals surface area contributed by atoms with Gasteiger partial charge in [0, 0.05) is 6.04 Å². The van der Waals surface area contributed by atoms with Gasteiger partial charge in [-0.15, -0.1) is 0 Å². The Labute approximate surface area is 93.2 Å². The Kier molecular flexibility index (Phi) is 5.56. The minimum Gasteiger partial charge on any atom is -0.368 e. The first-order chi connectivity index (χ1) is 7.40. The summed E-state index contributed by atoms with van der Waals surface area (Å²) in [4.78, 5) is 34.5. The van der Waals surface area contributed by atoms with Crippen LogP contribution in [0.15, 0.2) is 0 Å². The molecule has 0 aromatic rings. The van der Waals surface area contributed by atoms with Gasteiger partial charge in [0.25, 0.3) is 0 Å². The number of nitrogens with zero attached hydrogens (tertiary/aromatic N) is 2. The second-order valence-corrected chi connectivity index (χ2v) is 3.33. The molecule has 3 amide bonds. The number of carbonyl (C=O) groups is 3. The standard InChI is InChI=1S/C9H14N4O3/c1-6(2)13(5-7(11)14)9(16)8(15)12-4-3-10/h6H,4-5H2,1-2H3,(H2,11,14)(H,12,15). The van der Waals surface area contributed by atoms with Crippen LogP contribution in [-0.4, -0.2) is 41.8 Å². The molecule has 0 unspecified atom stereocenters. The summed E-state index contributed by atoms with van der Waals surface area (Å²) in [7, 11) is 0. The van der Waals surface area contributed by atoms with Gasteiger partial charge < -0.3 is 16.0 Å². The number of nitrogens with two attached hydrogens (primary N) is 1. The second-order valence-electron chi connectivity index (χ2n) is 3.33. The van der Waals surface area contributed by atoms with Crippen LogP contribution in [0.4, 0.5) is 0 Å². The molecule has 0 aliphatic carbocycles. The van der Waals surface area contributed by atoms with Crippen LogP contribution in [0.2, 0.25) is 0 Å². The summed E-state index contributed by atoms with van der Waals surface area (Å²) in [5.41, 5.74) is 4.95. The molecule has 7 heteroatoms. The number of nitrogens with one attached hydrogen (secondary N) is 1. The Morgan fingerprint density at radius 1 is 1.44 bits per heavy atom. The lowest BCUT2D eigenvalue weighted by atomic mass is 10.3. The van der Waals surface area contributed by atoms with Gasteiger partial charge in [0.15, 0.2) is 0 Å². The van der Waals surface area contributed by atoms with Crippen molar-refractivity contribution in [3.63, 3.8) is 0 Å². The molecule has 0 saturated carbocycles. The molecule has 0 heterocycles. The molecule has 0 bridgehead atoms. The number of nitriles is 1. The topological polar surface area (TPSA) is 116 Å². The molecular weight excluding hydrogens is 212 g/mol. The van der Waals surface area contributed by atoms with Gasteiger partial charge in [0.05, 0.1) is 6.07 Å². The highest BCUT2D eigenvalue weighted by atomic mass is 16.2. The predicted molar refractivity (Wildman–Crippen MR) is 54.7 cm³/mol. The third-order valence-electron chi connectivity index (χ3n) is 1.73. The van der Waals surface area contributed by atoms with E-state index in [0.29, 0.717) is 0 Å². The summed E-state index contributed by atoms with van der Waals surface area (Å²) in [5, 5.41) is 10.3. The highest BCUT2D eigenvalue weighted by molar-refractivity contribution is 6.35. The van der Waals surface area contributed by atoms with E-state index in [4.69, 9.17) is 11.0 Å². The lowest BCUT2D eigenvalue weighted by Gasteiger charge is -2.24. The molecule has 0 spiro atoms. The molecule has 0 rings (SSSR count). The van der Waals surface area contributed by atoms with E-state index in [2.05, 4.69) is 5.32 Å². The number of primary amides is 1. The van der Waals surface area contributed by atoms with Gasteiger partial charge in [-0.1, -0.05) is 0 Å². The van der Waals surface area contributed by atoms with E-state index in [1.54, 1.807) is 19.9 Å². The maximum absolute atomic E-state index is 11.5. The van der Waals surface area contributed by atoms with Crippen LogP contribution in [0.1, 0.15) is 13.8 Å². The van der Waals surface area contributed by atoms with Gasteiger partial charge in [-0.3, -0.25) is 14.4 Å². The van der Waals surface area contributed by atoms with Gasteiger partial charge in [-0.2, -0.15) is 5.26 Å². The van der Waals surface area contributed by atoms with Gasteiger partial charge in [0.1, 0.15) is 13.1 Å². The first-order valence-electron chi connectivity index (χ1n) is 4.64. The smallest absolute Gasteiger partial charge is 0.312 e. The van der Waals surface area contributed by atoms with Crippen LogP contribution in [0.5, 0.6) is 0 Å². The van der Waals surface area contributed by atoms with Crippen molar-refractivity contribution in [1.82, 2.24) is 10.2 Å². The highest BCUT2D eigenvalue weighted by Gasteiger charge is 2.24. The van der Waals surface area contributed by atoms with Crippen molar-refractivity contribution in [3.05, 3.63) is 0 Å². The summed E-state index contributed by atoms with van der Waals surface area (Å²) in [5.74, 6) is -2.49. The van der Waals surface area contributed by atoms with Crippen LogP contribution in [0.25, 0.3) is 0 Å². The van der Waals surface area contributed by atoms with Crippen molar-refractivity contribution >= 4 is 17.7 Å². The Balaban J connectivity index is 4.56. The summed E-state index contributed by atoms with van der Waals surface area (Å²) >= 11 is 0. The zero-order chi connectivity index (χ0) is 12.7. The van der Waals surface area contributed by atoms with Gasteiger partial charge >= 0.3 is 11.8 Å². The van der Waals surface area contributed by atoms with Crippen molar-refractivity contribution in [2.45, 2.75) is 19.9 Å². The van der Waals surface area contributed by atoms with Gasteiger partial charge in [-0.25, -0.2) is 0 Å². The Morgan fingerprint density at radius 3 is 2.38 bits per heavy atom. The predicted octanol–water partition coefficient (Wildman–Crippen LogP) is -1.65. The van der Waals surface area contributed by atoms with E-state index in [-0.39, 0.29) is 19.1 Å². The SMILES string of the molecule is CC(C)N(CC(N)=O)C(=O)C(=O)NCC#N. The number of carbonyl (C=O) groups excluding carboxylic acids is 3. The van der Waals surface area contributed by atoms with E-state index < -0.39 is 17.7 Å². The minimum atomic E-state index is -0.920. The summed E-state index contributed by atoms with van der Waals surface area (Å²) in [6.07, 6.45) is 0. The monoisotopic (exact) mass is 226 g/mol. The van der Waals surface area contributed by atoms with E-state index in [1.807, 2.05) is 0 Å². The van der Waals surface area contributed by atoms with Crippen molar-refractivity contribution < 1.29 is 14.4 Å². The molecule has 0 aliphatic rings. The van der Waals surface area contributed by atoms with Crippen LogP contribution in [-0.2, 0) is 14.4 Å². The quantitative estimate of drug-likeness (QED) is 0.441. The number of hydrogen-bond donors (Lipinski definition) is 2. The fourth-order valence-electron chi connectivity index (χ4n) is 0.983. The fraction of sp³-hybridized carbons (Fsp3) is 0.556. The van der Waals surface area contributed by atoms with Crippen molar-refractivity contribution in [3.8, 4) is 6.07 Å². The van der Waals surface area contributed by atoms with Gasteiger partial charge in [0.2, 0.25) is 5.91 Å². The van der Waals surface area contributed by atoms with Crippen LogP contribution in [0.3, 0.4) is 0 Å². The molecular formula is C9H14N4O3. The molecule has 0 saturated heterocycles. The van der Waals surface area contributed by atoms with E-state index in [9.17, 15) is 14.4 Å². The zero-order valence-corrected chi connectivity index (χ0v) is 9.19. The van der Waals surface area contributed by atoms with Crippen LogP contribution in [0, 0.1) is 11.3 Å². The number of rotatable bonds is 4. The first kappa shape index (κ1) is 13.9. The molecule has 3 N–H and O–H groups in total. The van der Waals surface area contributed by atoms with Crippen molar-refractivity contribution in [2.24, 2.45) is 5.73 Å². The first-order valence-corrected chi connectivity index (χ1v) is 4.64. The number of amides is 3. The lowest BCUT2D eigenvalue weighted by molar-refractivity contribution is -0.148. The highest BCUT2D eigenvalue weighted by Crippen LogP contribution is 1.98. The normalized spacial score (nSPS) is 9.38. The summed E-state index contributed by atoms with van der Waals surface area (Å²) in [6.45, 7) is 2.72. The molecule has 16 heavy (non-hydrogen) atoms. The Morgan fingerprint density at radius 2 is 2.00 bits per heavy atom. The molecule has 0 fully saturated rings. The number of hydrogen-bond acceptors (Lipinski definition) is 4. The average Bonchev–Trinajstić information content (AvgIpc) is 2.20. The van der Waals surface area contributed by atoms with E-state index in [1.165, 1.54) is 0 Å². The lowest BCUT2D eigenvalue weighted by Crippen LogP contribution is -2.49. The largest absolute Gasteiger partial charge is 0.368 e. The molecule has 0 aromatic carbocycles. The summed E-state index contributed by atoms with van der Waals surface area (Å²) < 4.78 is 0. The Bertz CT molecular complexity index is 332. The second kappa shape index (κ2) is 6.40. The molecule has 7 nitrogen and oxygen atoms in total. The molecule has 0 radical (unpaired) electrons. The van der Waals surface area contributed by atoms with Crippen LogP contribution >= 0.6 is 0 Å². The molecule has 0 aliphatic heterocycles.